The molecule has 134 valence electrons. The Morgan fingerprint density at radius 1 is 1.40 bits per heavy atom. The third-order valence-corrected chi connectivity index (χ3v) is 5.36. The van der Waals surface area contributed by atoms with Gasteiger partial charge in [0.25, 0.3) is 0 Å². The molecule has 3 aromatic rings. The monoisotopic (exact) mass is 375 g/mol. The van der Waals surface area contributed by atoms with Crippen molar-refractivity contribution >= 4 is 34.0 Å². The molecule has 2 N–H and O–H groups in total. The van der Waals surface area contributed by atoms with Gasteiger partial charge in [0.2, 0.25) is 0 Å². The Hall–Kier alpha value is -1.92. The summed E-state index contributed by atoms with van der Waals surface area (Å²) in [6, 6.07) is 8.07. The second kappa shape index (κ2) is 9.53. The third-order valence-electron chi connectivity index (χ3n) is 3.58. The second-order valence-corrected chi connectivity index (χ2v) is 7.09. The molecule has 0 radical (unpaired) electrons. The first-order valence-corrected chi connectivity index (χ1v) is 10.1. The van der Waals surface area contributed by atoms with Crippen molar-refractivity contribution in [2.45, 2.75) is 39.4 Å². The van der Waals surface area contributed by atoms with Crippen molar-refractivity contribution in [2.24, 2.45) is 0 Å². The topological polar surface area (TPSA) is 52.5 Å². The number of thiophene rings is 1. The van der Waals surface area contributed by atoms with E-state index in [1.54, 1.807) is 11.3 Å². The Labute approximate surface area is 157 Å². The van der Waals surface area contributed by atoms with Crippen LogP contribution >= 0.6 is 23.4 Å². The van der Waals surface area contributed by atoms with Crippen molar-refractivity contribution < 1.29 is 4.18 Å². The van der Waals surface area contributed by atoms with E-state index in [1.807, 2.05) is 67.9 Å². The Morgan fingerprint density at radius 2 is 2.20 bits per heavy atom. The molecular weight excluding hydrogens is 350 g/mol. The first kappa shape index (κ1) is 19.4. The van der Waals surface area contributed by atoms with E-state index in [1.165, 1.54) is 12.0 Å². The van der Waals surface area contributed by atoms with Gasteiger partial charge >= 0.3 is 0 Å². The molecule has 0 spiro atoms. The zero-order valence-corrected chi connectivity index (χ0v) is 16.7. The Balaban J connectivity index is 0.00000109. The summed E-state index contributed by atoms with van der Waals surface area (Å²) in [7, 11) is 0. The fourth-order valence-electron chi connectivity index (χ4n) is 2.25. The fraction of sp³-hybridized carbons (Fsp3) is 0.316. The van der Waals surface area contributed by atoms with E-state index in [4.69, 9.17) is 9.92 Å². The van der Waals surface area contributed by atoms with Gasteiger partial charge in [-0.25, -0.2) is 4.98 Å². The maximum atomic E-state index is 6.12. The Morgan fingerprint density at radius 3 is 2.84 bits per heavy atom. The van der Waals surface area contributed by atoms with Crippen LogP contribution in [-0.2, 0) is 10.6 Å². The van der Waals surface area contributed by atoms with Crippen molar-refractivity contribution in [3.05, 3.63) is 65.1 Å². The standard InChI is InChI=1S/C17H19N3OS2.C2H6/c1-3-12(2)21-23-15(14-7-9-22-17(14)18)10-13-11-20-8-5-4-6-16(20)19-13;1-2/h3-9,11,15H,10,18H2,1-2H3;1-2H3/b12-3+;. The molecule has 0 aliphatic heterocycles. The number of anilines is 1. The molecule has 0 saturated carbocycles. The van der Waals surface area contributed by atoms with Gasteiger partial charge in [-0.2, -0.15) is 0 Å². The van der Waals surface area contributed by atoms with Crippen LogP contribution in [0.3, 0.4) is 0 Å². The molecule has 0 aliphatic carbocycles. The number of allylic oxidation sites excluding steroid dienone is 2. The summed E-state index contributed by atoms with van der Waals surface area (Å²) < 4.78 is 7.80. The number of nitrogen functional groups attached to an aromatic ring is 1. The highest BCUT2D eigenvalue weighted by Gasteiger charge is 2.20. The van der Waals surface area contributed by atoms with Crippen molar-refractivity contribution in [3.63, 3.8) is 0 Å². The van der Waals surface area contributed by atoms with Gasteiger partial charge in [0, 0.05) is 24.4 Å². The summed E-state index contributed by atoms with van der Waals surface area (Å²) in [5, 5.41) is 2.97. The first-order chi connectivity index (χ1) is 12.2. The van der Waals surface area contributed by atoms with Crippen LogP contribution in [0.15, 0.2) is 53.9 Å². The molecule has 0 aromatic carbocycles. The van der Waals surface area contributed by atoms with Crippen molar-refractivity contribution in [1.29, 1.82) is 0 Å². The minimum atomic E-state index is 0.112. The molecule has 4 nitrogen and oxygen atoms in total. The summed E-state index contributed by atoms with van der Waals surface area (Å²) in [6.07, 6.45) is 6.79. The van der Waals surface area contributed by atoms with Crippen LogP contribution in [0.2, 0.25) is 0 Å². The van der Waals surface area contributed by atoms with Crippen LogP contribution < -0.4 is 5.73 Å². The Bertz CT molecular complexity index is 790. The summed E-state index contributed by atoms with van der Waals surface area (Å²) in [4.78, 5) is 4.68. The maximum absolute atomic E-state index is 6.12. The highest BCUT2D eigenvalue weighted by Crippen LogP contribution is 2.39. The molecule has 0 aliphatic rings. The van der Waals surface area contributed by atoms with Gasteiger partial charge in [-0.05, 0) is 43.5 Å². The smallest absolute Gasteiger partial charge is 0.136 e. The number of imidazole rings is 1. The van der Waals surface area contributed by atoms with Crippen molar-refractivity contribution in [3.8, 4) is 0 Å². The van der Waals surface area contributed by atoms with E-state index in [9.17, 15) is 0 Å². The second-order valence-electron chi connectivity index (χ2n) is 5.21. The van der Waals surface area contributed by atoms with Gasteiger partial charge in [-0.1, -0.05) is 19.9 Å². The molecule has 0 amide bonds. The molecule has 3 heterocycles. The van der Waals surface area contributed by atoms with Crippen LogP contribution in [0, 0.1) is 0 Å². The summed E-state index contributed by atoms with van der Waals surface area (Å²) >= 11 is 3.00. The lowest BCUT2D eigenvalue weighted by molar-refractivity contribution is 0.493. The number of hydrogen-bond donors (Lipinski definition) is 1. The molecule has 0 fully saturated rings. The van der Waals surface area contributed by atoms with E-state index < -0.39 is 0 Å². The minimum absolute atomic E-state index is 0.112. The van der Waals surface area contributed by atoms with Crippen LogP contribution in [0.5, 0.6) is 0 Å². The highest BCUT2D eigenvalue weighted by molar-refractivity contribution is 7.95. The number of aromatic nitrogens is 2. The summed E-state index contributed by atoms with van der Waals surface area (Å²) in [5.74, 6) is 0.892. The number of hydrogen-bond acceptors (Lipinski definition) is 5. The van der Waals surface area contributed by atoms with Crippen LogP contribution in [0.25, 0.3) is 5.65 Å². The molecule has 0 saturated heterocycles. The van der Waals surface area contributed by atoms with Crippen LogP contribution in [0.1, 0.15) is 44.2 Å². The highest BCUT2D eigenvalue weighted by atomic mass is 32.2. The quantitative estimate of drug-likeness (QED) is 0.432. The maximum Gasteiger partial charge on any atom is 0.136 e. The predicted octanol–water partition coefficient (Wildman–Crippen LogP) is 5.88. The lowest BCUT2D eigenvalue weighted by Crippen LogP contribution is -2.02. The van der Waals surface area contributed by atoms with Gasteiger partial charge in [0.05, 0.1) is 28.0 Å². The van der Waals surface area contributed by atoms with Crippen molar-refractivity contribution in [2.75, 3.05) is 5.73 Å². The number of nitrogens with two attached hydrogens (primary N) is 1. The minimum Gasteiger partial charge on any atom is -0.430 e. The normalized spacial score (nSPS) is 12.6. The van der Waals surface area contributed by atoms with Gasteiger partial charge in [0.1, 0.15) is 11.4 Å². The van der Waals surface area contributed by atoms with Gasteiger partial charge in [-0.15, -0.1) is 11.3 Å². The lowest BCUT2D eigenvalue weighted by Gasteiger charge is -2.15. The third kappa shape index (κ3) is 5.03. The molecule has 1 unspecified atom stereocenters. The molecule has 3 rings (SSSR count). The number of fused-ring (bicyclic) bond motifs is 1. The largest absolute Gasteiger partial charge is 0.430 e. The fourth-order valence-corrected chi connectivity index (χ4v) is 3.94. The van der Waals surface area contributed by atoms with Crippen molar-refractivity contribution in [1.82, 2.24) is 9.38 Å². The van der Waals surface area contributed by atoms with E-state index in [0.717, 1.165) is 34.1 Å². The average molecular weight is 376 g/mol. The van der Waals surface area contributed by atoms with Crippen LogP contribution in [0.4, 0.5) is 5.00 Å². The van der Waals surface area contributed by atoms with E-state index >= 15 is 0 Å². The van der Waals surface area contributed by atoms with Gasteiger partial charge < -0.3 is 14.3 Å². The zero-order valence-electron chi connectivity index (χ0n) is 15.1. The molecule has 3 aromatic heterocycles. The number of rotatable bonds is 6. The van der Waals surface area contributed by atoms with E-state index in [-0.39, 0.29) is 5.25 Å². The van der Waals surface area contributed by atoms with Crippen LogP contribution in [-0.4, -0.2) is 9.38 Å². The summed E-state index contributed by atoms with van der Waals surface area (Å²) in [5.41, 5.74) is 9.21. The first-order valence-electron chi connectivity index (χ1n) is 8.39. The molecule has 1 atom stereocenters. The van der Waals surface area contributed by atoms with E-state index in [0.29, 0.717) is 0 Å². The lowest BCUT2D eigenvalue weighted by atomic mass is 10.1. The zero-order chi connectivity index (χ0) is 18.2. The molecule has 25 heavy (non-hydrogen) atoms. The number of pyridine rings is 1. The molecular formula is C19H25N3OS2. The van der Waals surface area contributed by atoms with Gasteiger partial charge in [0.15, 0.2) is 0 Å². The number of nitrogens with zero attached hydrogens (tertiary/aromatic N) is 2. The van der Waals surface area contributed by atoms with E-state index in [2.05, 4.69) is 17.2 Å². The Kier molecular flexibility index (Phi) is 7.40. The average Bonchev–Trinajstić information content (AvgIpc) is 3.25. The predicted molar refractivity (Wildman–Crippen MR) is 110 cm³/mol. The SMILES string of the molecule is C/C=C(\C)OSC(Cc1cn2ccccc2n1)c1ccsc1N.CC. The van der Waals surface area contributed by atoms with Gasteiger partial charge in [-0.3, -0.25) is 0 Å². The molecule has 6 heteroatoms. The summed E-state index contributed by atoms with van der Waals surface area (Å²) in [6.45, 7) is 7.91. The molecule has 0 bridgehead atoms.